The Balaban J connectivity index is 1.95. The highest BCUT2D eigenvalue weighted by molar-refractivity contribution is 9.10. The minimum Gasteiger partial charge on any atom is -0.384 e. The SMILES string of the molecule is CN(Cc1cccc(N)n1)Cc1cc(Br)cs1. The number of anilines is 1. The summed E-state index contributed by atoms with van der Waals surface area (Å²) in [6, 6.07) is 7.89. The van der Waals surface area contributed by atoms with E-state index >= 15 is 0 Å². The molecule has 0 spiro atoms. The first-order valence-electron chi connectivity index (χ1n) is 5.26. The van der Waals surface area contributed by atoms with Crippen molar-refractivity contribution in [1.29, 1.82) is 0 Å². The Bertz CT molecular complexity index is 498. The number of halogens is 1. The maximum atomic E-state index is 5.66. The van der Waals surface area contributed by atoms with Crippen LogP contribution in [0, 0.1) is 0 Å². The van der Waals surface area contributed by atoms with E-state index in [1.165, 1.54) is 4.88 Å². The van der Waals surface area contributed by atoms with Crippen molar-refractivity contribution in [2.45, 2.75) is 13.1 Å². The molecule has 0 saturated heterocycles. The van der Waals surface area contributed by atoms with Crippen LogP contribution >= 0.6 is 27.3 Å². The topological polar surface area (TPSA) is 42.1 Å². The van der Waals surface area contributed by atoms with E-state index in [-0.39, 0.29) is 0 Å². The molecule has 0 atom stereocenters. The molecule has 3 nitrogen and oxygen atoms in total. The monoisotopic (exact) mass is 311 g/mol. The van der Waals surface area contributed by atoms with Gasteiger partial charge in [-0.05, 0) is 41.2 Å². The zero-order valence-corrected chi connectivity index (χ0v) is 12.0. The van der Waals surface area contributed by atoms with Gasteiger partial charge < -0.3 is 5.73 Å². The van der Waals surface area contributed by atoms with Gasteiger partial charge in [0.1, 0.15) is 5.82 Å². The molecule has 0 fully saturated rings. The summed E-state index contributed by atoms with van der Waals surface area (Å²) in [5, 5.41) is 2.10. The van der Waals surface area contributed by atoms with Crippen molar-refractivity contribution < 1.29 is 0 Å². The fraction of sp³-hybridized carbons (Fsp3) is 0.250. The molecular weight excluding hydrogens is 298 g/mol. The Hall–Kier alpha value is -0.910. The summed E-state index contributed by atoms with van der Waals surface area (Å²) < 4.78 is 1.15. The second-order valence-corrected chi connectivity index (χ2v) is 5.87. The van der Waals surface area contributed by atoms with E-state index in [0.717, 1.165) is 23.3 Å². The van der Waals surface area contributed by atoms with E-state index in [9.17, 15) is 0 Å². The van der Waals surface area contributed by atoms with E-state index in [1.807, 2.05) is 12.1 Å². The van der Waals surface area contributed by atoms with Gasteiger partial charge in [-0.15, -0.1) is 11.3 Å². The first-order valence-corrected chi connectivity index (χ1v) is 6.93. The minimum absolute atomic E-state index is 0.578. The molecule has 0 aliphatic heterocycles. The van der Waals surface area contributed by atoms with Crippen LogP contribution in [0.5, 0.6) is 0 Å². The van der Waals surface area contributed by atoms with E-state index in [1.54, 1.807) is 17.4 Å². The molecule has 0 aliphatic carbocycles. The molecule has 2 heterocycles. The molecule has 0 aromatic carbocycles. The lowest BCUT2D eigenvalue weighted by atomic mass is 10.3. The van der Waals surface area contributed by atoms with Crippen molar-refractivity contribution in [1.82, 2.24) is 9.88 Å². The van der Waals surface area contributed by atoms with Gasteiger partial charge in [-0.1, -0.05) is 6.07 Å². The highest BCUT2D eigenvalue weighted by Crippen LogP contribution is 2.21. The number of nitrogen functional groups attached to an aromatic ring is 1. The largest absolute Gasteiger partial charge is 0.384 e. The third kappa shape index (κ3) is 3.80. The zero-order valence-electron chi connectivity index (χ0n) is 9.56. The molecule has 2 rings (SSSR count). The van der Waals surface area contributed by atoms with E-state index < -0.39 is 0 Å². The third-order valence-corrected chi connectivity index (χ3v) is 3.99. The maximum absolute atomic E-state index is 5.66. The zero-order chi connectivity index (χ0) is 12.3. The predicted molar refractivity (Wildman–Crippen MR) is 75.8 cm³/mol. The van der Waals surface area contributed by atoms with E-state index in [4.69, 9.17) is 5.73 Å². The first-order chi connectivity index (χ1) is 8.13. The van der Waals surface area contributed by atoms with Gasteiger partial charge in [0, 0.05) is 27.8 Å². The summed E-state index contributed by atoms with van der Waals surface area (Å²) >= 11 is 5.22. The number of thiophene rings is 1. The van der Waals surface area contributed by atoms with Crippen LogP contribution in [0.3, 0.4) is 0 Å². The van der Waals surface area contributed by atoms with Crippen LogP contribution in [0.15, 0.2) is 34.1 Å². The molecule has 0 aliphatic rings. The summed E-state index contributed by atoms with van der Waals surface area (Å²) in [5.41, 5.74) is 6.66. The van der Waals surface area contributed by atoms with Crippen molar-refractivity contribution in [3.63, 3.8) is 0 Å². The lowest BCUT2D eigenvalue weighted by Gasteiger charge is -2.15. The molecule has 2 N–H and O–H groups in total. The van der Waals surface area contributed by atoms with E-state index in [2.05, 4.69) is 44.3 Å². The van der Waals surface area contributed by atoms with Crippen LogP contribution in [0.2, 0.25) is 0 Å². The summed E-state index contributed by atoms with van der Waals surface area (Å²) in [5.74, 6) is 0.578. The Kier molecular flexibility index (Phi) is 4.15. The van der Waals surface area contributed by atoms with Gasteiger partial charge in [-0.2, -0.15) is 0 Å². The molecule has 0 amide bonds. The highest BCUT2D eigenvalue weighted by Gasteiger charge is 2.05. The molecule has 2 aromatic rings. The fourth-order valence-corrected chi connectivity index (χ4v) is 3.15. The van der Waals surface area contributed by atoms with Crippen LogP contribution in [0.25, 0.3) is 0 Å². The van der Waals surface area contributed by atoms with Crippen molar-refractivity contribution >= 4 is 33.1 Å². The van der Waals surface area contributed by atoms with Crippen LogP contribution in [-0.2, 0) is 13.1 Å². The quantitative estimate of drug-likeness (QED) is 0.943. The molecule has 5 heteroatoms. The fourth-order valence-electron chi connectivity index (χ4n) is 1.62. The van der Waals surface area contributed by atoms with Gasteiger partial charge in [-0.3, -0.25) is 4.90 Å². The number of hydrogen-bond donors (Lipinski definition) is 1. The molecule has 17 heavy (non-hydrogen) atoms. The molecule has 0 saturated carbocycles. The summed E-state index contributed by atoms with van der Waals surface area (Å²) in [6.07, 6.45) is 0. The Morgan fingerprint density at radius 1 is 1.41 bits per heavy atom. The average Bonchev–Trinajstić information content (AvgIpc) is 2.63. The Labute approximate surface area is 113 Å². The van der Waals surface area contributed by atoms with Crippen molar-refractivity contribution in [2.24, 2.45) is 0 Å². The van der Waals surface area contributed by atoms with Gasteiger partial charge in [-0.25, -0.2) is 4.98 Å². The number of pyridine rings is 1. The molecule has 0 bridgehead atoms. The number of aromatic nitrogens is 1. The van der Waals surface area contributed by atoms with Crippen LogP contribution in [0.1, 0.15) is 10.6 Å². The van der Waals surface area contributed by atoms with Gasteiger partial charge in [0.15, 0.2) is 0 Å². The summed E-state index contributed by atoms with van der Waals surface area (Å²) in [6.45, 7) is 1.73. The van der Waals surface area contributed by atoms with E-state index in [0.29, 0.717) is 5.82 Å². The number of nitrogens with two attached hydrogens (primary N) is 1. The van der Waals surface area contributed by atoms with Gasteiger partial charge in [0.2, 0.25) is 0 Å². The third-order valence-electron chi connectivity index (χ3n) is 2.31. The number of nitrogens with zero attached hydrogens (tertiary/aromatic N) is 2. The van der Waals surface area contributed by atoms with Crippen LogP contribution < -0.4 is 5.73 Å². The number of rotatable bonds is 4. The number of hydrogen-bond acceptors (Lipinski definition) is 4. The molecule has 90 valence electrons. The lowest BCUT2D eigenvalue weighted by Crippen LogP contribution is -2.17. The summed E-state index contributed by atoms with van der Waals surface area (Å²) in [7, 11) is 2.08. The van der Waals surface area contributed by atoms with Gasteiger partial charge >= 0.3 is 0 Å². The lowest BCUT2D eigenvalue weighted by molar-refractivity contribution is 0.318. The van der Waals surface area contributed by atoms with Crippen LogP contribution in [-0.4, -0.2) is 16.9 Å². The minimum atomic E-state index is 0.578. The molecule has 2 aromatic heterocycles. The van der Waals surface area contributed by atoms with Crippen LogP contribution in [0.4, 0.5) is 5.82 Å². The van der Waals surface area contributed by atoms with Crippen molar-refractivity contribution in [3.8, 4) is 0 Å². The standard InChI is InChI=1S/C12H14BrN3S/c1-16(7-11-5-9(13)8-17-11)6-10-3-2-4-12(14)15-10/h2-5,8H,6-7H2,1H3,(H2,14,15). The van der Waals surface area contributed by atoms with Gasteiger partial charge in [0.25, 0.3) is 0 Å². The Morgan fingerprint density at radius 2 is 2.24 bits per heavy atom. The highest BCUT2D eigenvalue weighted by atomic mass is 79.9. The second-order valence-electron chi connectivity index (χ2n) is 3.96. The second kappa shape index (κ2) is 5.62. The molecule has 0 radical (unpaired) electrons. The molecular formula is C12H14BrN3S. The molecule has 0 unspecified atom stereocenters. The van der Waals surface area contributed by atoms with Crippen molar-refractivity contribution in [2.75, 3.05) is 12.8 Å². The van der Waals surface area contributed by atoms with Gasteiger partial charge in [0.05, 0.1) is 5.69 Å². The first kappa shape index (κ1) is 12.5. The normalized spacial score (nSPS) is 11.0. The average molecular weight is 312 g/mol. The maximum Gasteiger partial charge on any atom is 0.123 e. The Morgan fingerprint density at radius 3 is 2.88 bits per heavy atom. The van der Waals surface area contributed by atoms with Crippen molar-refractivity contribution in [3.05, 3.63) is 44.7 Å². The smallest absolute Gasteiger partial charge is 0.123 e. The summed E-state index contributed by atoms with van der Waals surface area (Å²) in [4.78, 5) is 7.85. The predicted octanol–water partition coefficient (Wildman–Crippen LogP) is 3.12.